The molecular formula is C39H41NO6. The maximum Gasteiger partial charge on any atom is 0.130 e. The quantitative estimate of drug-likeness (QED) is 0.186. The van der Waals surface area contributed by atoms with Crippen molar-refractivity contribution in [3.05, 3.63) is 88.2 Å². The van der Waals surface area contributed by atoms with Gasteiger partial charge in [0, 0.05) is 34.9 Å². The summed E-state index contributed by atoms with van der Waals surface area (Å²) < 4.78 is 34.0. The normalized spacial score (nSPS) is 15.6. The lowest BCUT2D eigenvalue weighted by Gasteiger charge is -2.30. The van der Waals surface area contributed by atoms with Gasteiger partial charge >= 0.3 is 0 Å². The third-order valence-electron chi connectivity index (χ3n) is 8.97. The summed E-state index contributed by atoms with van der Waals surface area (Å²) in [5, 5.41) is 0. The first kappa shape index (κ1) is 31.1. The van der Waals surface area contributed by atoms with Crippen LogP contribution in [0, 0.1) is 0 Å². The van der Waals surface area contributed by atoms with Gasteiger partial charge in [-0.3, -0.25) is 0 Å². The van der Waals surface area contributed by atoms with Gasteiger partial charge in [-0.05, 0) is 115 Å². The summed E-state index contributed by atoms with van der Waals surface area (Å²) in [5.41, 5.74) is 11.2. The molecule has 0 fully saturated rings. The van der Waals surface area contributed by atoms with Crippen LogP contribution in [0.3, 0.4) is 0 Å². The summed E-state index contributed by atoms with van der Waals surface area (Å²) in [4.78, 5) is 5.53. The molecule has 7 nitrogen and oxygen atoms in total. The molecule has 3 aromatic carbocycles. The topological polar surface area (TPSA) is 68.3 Å². The highest BCUT2D eigenvalue weighted by Gasteiger charge is 2.30. The number of fused-ring (bicyclic) bond motifs is 2. The van der Waals surface area contributed by atoms with E-state index in [9.17, 15) is 0 Å². The highest BCUT2D eigenvalue weighted by molar-refractivity contribution is 5.93. The Morgan fingerprint density at radius 2 is 0.935 bits per heavy atom. The van der Waals surface area contributed by atoms with E-state index >= 15 is 0 Å². The first-order valence-corrected chi connectivity index (χ1v) is 15.7. The Bertz CT molecular complexity index is 1720. The van der Waals surface area contributed by atoms with Crippen molar-refractivity contribution in [1.82, 2.24) is 4.98 Å². The van der Waals surface area contributed by atoms with E-state index in [1.165, 1.54) is 27.8 Å². The molecule has 0 saturated heterocycles. The van der Waals surface area contributed by atoms with Gasteiger partial charge in [0.2, 0.25) is 0 Å². The molecule has 4 aromatic rings. The monoisotopic (exact) mass is 619 g/mol. The molecule has 238 valence electrons. The lowest BCUT2D eigenvalue weighted by Crippen LogP contribution is -2.15. The summed E-state index contributed by atoms with van der Waals surface area (Å²) in [6, 6.07) is 18.0. The minimum atomic E-state index is 0.757. The van der Waals surface area contributed by atoms with Crippen LogP contribution in [-0.4, -0.2) is 47.6 Å². The van der Waals surface area contributed by atoms with Gasteiger partial charge in [0.15, 0.2) is 0 Å². The molecule has 0 spiro atoms. The third-order valence-corrected chi connectivity index (χ3v) is 8.97. The van der Waals surface area contributed by atoms with Gasteiger partial charge in [0.25, 0.3) is 0 Å². The Morgan fingerprint density at radius 1 is 0.500 bits per heavy atom. The predicted molar refractivity (Wildman–Crippen MR) is 183 cm³/mol. The molecule has 6 rings (SSSR count). The second-order valence-electron chi connectivity index (χ2n) is 11.5. The van der Waals surface area contributed by atoms with Crippen molar-refractivity contribution in [2.24, 2.45) is 0 Å². The number of ether oxygens (including phenoxy) is 6. The number of rotatable bonds is 9. The van der Waals surface area contributed by atoms with E-state index in [0.717, 1.165) is 101 Å². The van der Waals surface area contributed by atoms with Crippen LogP contribution in [0.25, 0.3) is 34.4 Å². The lowest BCUT2D eigenvalue weighted by atomic mass is 9.78. The van der Waals surface area contributed by atoms with E-state index < -0.39 is 0 Å². The molecule has 0 bridgehead atoms. The van der Waals surface area contributed by atoms with Crippen molar-refractivity contribution in [2.75, 3.05) is 42.7 Å². The van der Waals surface area contributed by atoms with Crippen LogP contribution in [0.5, 0.6) is 34.5 Å². The Hall–Kier alpha value is -4.91. The Balaban J connectivity index is 1.61. The van der Waals surface area contributed by atoms with Crippen LogP contribution in [0.2, 0.25) is 0 Å². The molecule has 0 radical (unpaired) electrons. The summed E-state index contributed by atoms with van der Waals surface area (Å²) in [6.45, 7) is 0. The van der Waals surface area contributed by atoms with E-state index in [0.29, 0.717) is 0 Å². The van der Waals surface area contributed by atoms with Gasteiger partial charge in [0.1, 0.15) is 34.5 Å². The van der Waals surface area contributed by atoms with Crippen LogP contribution >= 0.6 is 0 Å². The second kappa shape index (κ2) is 13.6. The lowest BCUT2D eigenvalue weighted by molar-refractivity contribution is 0.393. The average molecular weight is 620 g/mol. The number of benzene rings is 3. The molecular weight excluding hydrogens is 578 g/mol. The van der Waals surface area contributed by atoms with Crippen molar-refractivity contribution < 1.29 is 28.4 Å². The number of hydrogen-bond acceptors (Lipinski definition) is 7. The van der Waals surface area contributed by atoms with Crippen molar-refractivity contribution in [3.63, 3.8) is 0 Å². The zero-order valence-corrected chi connectivity index (χ0v) is 27.5. The van der Waals surface area contributed by atoms with E-state index in [1.54, 1.807) is 42.7 Å². The van der Waals surface area contributed by atoms with E-state index in [1.807, 2.05) is 48.5 Å². The van der Waals surface area contributed by atoms with Gasteiger partial charge in [-0.2, -0.15) is 0 Å². The molecule has 0 aliphatic heterocycles. The first-order chi connectivity index (χ1) is 22.5. The Labute approximate surface area is 271 Å². The summed E-state index contributed by atoms with van der Waals surface area (Å²) in [5.74, 6) is 4.59. The number of aromatic nitrogens is 1. The largest absolute Gasteiger partial charge is 0.497 e. The smallest absolute Gasteiger partial charge is 0.130 e. The second-order valence-corrected chi connectivity index (χ2v) is 11.5. The van der Waals surface area contributed by atoms with Crippen LogP contribution in [0.1, 0.15) is 59.3 Å². The van der Waals surface area contributed by atoms with E-state index in [2.05, 4.69) is 18.2 Å². The van der Waals surface area contributed by atoms with Crippen LogP contribution in [-0.2, 0) is 12.8 Å². The van der Waals surface area contributed by atoms with Crippen molar-refractivity contribution in [3.8, 4) is 45.6 Å². The minimum Gasteiger partial charge on any atom is -0.497 e. The van der Waals surface area contributed by atoms with Gasteiger partial charge in [0.05, 0.1) is 54.0 Å². The molecule has 0 amide bonds. The van der Waals surface area contributed by atoms with Crippen LogP contribution < -0.4 is 28.4 Å². The molecule has 0 N–H and O–H groups in total. The van der Waals surface area contributed by atoms with Gasteiger partial charge in [-0.15, -0.1) is 0 Å². The molecule has 46 heavy (non-hydrogen) atoms. The number of allylic oxidation sites excluding steroid dienone is 2. The van der Waals surface area contributed by atoms with Crippen LogP contribution in [0.4, 0.5) is 0 Å². The van der Waals surface area contributed by atoms with Crippen molar-refractivity contribution in [1.29, 1.82) is 0 Å². The van der Waals surface area contributed by atoms with Gasteiger partial charge in [-0.25, -0.2) is 4.98 Å². The number of nitrogens with zero attached hydrogens (tertiary/aromatic N) is 1. The molecule has 0 unspecified atom stereocenters. The molecule has 1 aromatic heterocycles. The standard InChI is InChI=1S/C39H41NO6/c1-41-28-15-13-24(34(21-28)44-4)19-26-9-7-11-32-37(31-18-17-30(43-3)23-36(31)46-6)33-12-8-10-27(39(33)40-38(26)32)20-25-14-16-29(42-2)22-35(25)45-5/h13-23H,7-12H2,1-6H3/b26-19+,27-20+. The number of pyridine rings is 1. The average Bonchev–Trinajstić information content (AvgIpc) is 3.11. The Kier molecular flexibility index (Phi) is 9.20. The van der Waals surface area contributed by atoms with E-state index in [-0.39, 0.29) is 0 Å². The molecule has 0 atom stereocenters. The first-order valence-electron chi connectivity index (χ1n) is 15.7. The fraction of sp³-hybridized carbons (Fsp3) is 0.308. The SMILES string of the molecule is COc1ccc(/C=C2\CCCc3c2nc2c(c3-c3ccc(OC)cc3OC)CCC/C2=C\c2ccc(OC)cc2OC)c(OC)c1. The van der Waals surface area contributed by atoms with Gasteiger partial charge < -0.3 is 28.4 Å². The van der Waals surface area contributed by atoms with E-state index in [4.69, 9.17) is 33.4 Å². The molecule has 2 aliphatic carbocycles. The van der Waals surface area contributed by atoms with Crippen molar-refractivity contribution in [2.45, 2.75) is 38.5 Å². The minimum absolute atomic E-state index is 0.757. The summed E-state index contributed by atoms with van der Waals surface area (Å²) in [7, 11) is 10.1. The molecule has 7 heteroatoms. The summed E-state index contributed by atoms with van der Waals surface area (Å²) in [6.07, 6.45) is 10.2. The number of hydrogen-bond donors (Lipinski definition) is 0. The highest BCUT2D eigenvalue weighted by Crippen LogP contribution is 2.47. The molecule has 1 heterocycles. The third kappa shape index (κ3) is 5.89. The fourth-order valence-corrected chi connectivity index (χ4v) is 6.69. The Morgan fingerprint density at radius 3 is 1.37 bits per heavy atom. The van der Waals surface area contributed by atoms with Gasteiger partial charge in [-0.1, -0.05) is 0 Å². The molecule has 2 aliphatic rings. The van der Waals surface area contributed by atoms with Crippen LogP contribution in [0.15, 0.2) is 54.6 Å². The predicted octanol–water partition coefficient (Wildman–Crippen LogP) is 8.55. The zero-order chi connectivity index (χ0) is 32.2. The maximum absolute atomic E-state index is 5.99. The fourth-order valence-electron chi connectivity index (χ4n) is 6.69. The highest BCUT2D eigenvalue weighted by atomic mass is 16.5. The summed E-state index contributed by atoms with van der Waals surface area (Å²) >= 11 is 0. The zero-order valence-electron chi connectivity index (χ0n) is 27.5. The molecule has 0 saturated carbocycles. The number of methoxy groups -OCH3 is 6. The maximum atomic E-state index is 5.99. The van der Waals surface area contributed by atoms with Crippen molar-refractivity contribution >= 4 is 23.3 Å².